The second-order valence-corrected chi connectivity index (χ2v) is 3.55. The van der Waals surface area contributed by atoms with Crippen LogP contribution in [0.15, 0.2) is 36.7 Å². The Morgan fingerprint density at radius 2 is 2.00 bits per heavy atom. The molecule has 0 saturated carbocycles. The summed E-state index contributed by atoms with van der Waals surface area (Å²) in [6.07, 6.45) is 1.43. The molecule has 2 rings (SSSR count). The van der Waals surface area contributed by atoms with Crippen molar-refractivity contribution in [3.8, 4) is 0 Å². The number of para-hydroxylation sites is 1. The molecule has 0 radical (unpaired) electrons. The standard InChI is InChI=1S/C11H10ClN3/c1-8-4-2-3-5-9(8)15-11-6-10(12)13-7-14-11/h2-7H,1H3,(H,13,14,15). The number of nitrogens with one attached hydrogen (secondary N) is 1. The zero-order valence-corrected chi connectivity index (χ0v) is 8.99. The number of hydrogen-bond acceptors (Lipinski definition) is 3. The summed E-state index contributed by atoms with van der Waals surface area (Å²) in [4.78, 5) is 7.89. The summed E-state index contributed by atoms with van der Waals surface area (Å²) in [6.45, 7) is 2.03. The van der Waals surface area contributed by atoms with Gasteiger partial charge in [-0.2, -0.15) is 0 Å². The monoisotopic (exact) mass is 219 g/mol. The number of benzene rings is 1. The number of aromatic nitrogens is 2. The fraction of sp³-hybridized carbons (Fsp3) is 0.0909. The molecule has 1 N–H and O–H groups in total. The van der Waals surface area contributed by atoms with Gasteiger partial charge < -0.3 is 5.32 Å². The maximum absolute atomic E-state index is 5.76. The number of hydrogen-bond donors (Lipinski definition) is 1. The van der Waals surface area contributed by atoms with Crippen molar-refractivity contribution in [3.05, 3.63) is 47.4 Å². The van der Waals surface area contributed by atoms with Crippen molar-refractivity contribution in [2.75, 3.05) is 5.32 Å². The van der Waals surface area contributed by atoms with Crippen LogP contribution in [0.5, 0.6) is 0 Å². The molecule has 0 aliphatic heterocycles. The molecule has 1 aromatic heterocycles. The Balaban J connectivity index is 2.26. The van der Waals surface area contributed by atoms with Gasteiger partial charge in [0, 0.05) is 11.8 Å². The van der Waals surface area contributed by atoms with Crippen molar-refractivity contribution in [1.82, 2.24) is 9.97 Å². The third kappa shape index (κ3) is 2.44. The predicted molar refractivity (Wildman–Crippen MR) is 61.5 cm³/mol. The largest absolute Gasteiger partial charge is 0.340 e. The van der Waals surface area contributed by atoms with Crippen molar-refractivity contribution in [3.63, 3.8) is 0 Å². The molecule has 1 heterocycles. The van der Waals surface area contributed by atoms with Crippen LogP contribution >= 0.6 is 11.6 Å². The molecule has 0 spiro atoms. The Bertz CT molecular complexity index is 471. The SMILES string of the molecule is Cc1ccccc1Nc1cc(Cl)ncn1. The van der Waals surface area contributed by atoms with Crippen LogP contribution in [-0.2, 0) is 0 Å². The zero-order chi connectivity index (χ0) is 10.7. The molecular weight excluding hydrogens is 210 g/mol. The third-order valence-electron chi connectivity index (χ3n) is 2.04. The summed E-state index contributed by atoms with van der Waals surface area (Å²) in [6, 6.07) is 9.68. The Morgan fingerprint density at radius 3 is 2.73 bits per heavy atom. The summed E-state index contributed by atoms with van der Waals surface area (Å²) < 4.78 is 0. The highest BCUT2D eigenvalue weighted by atomic mass is 35.5. The molecule has 0 unspecified atom stereocenters. The quantitative estimate of drug-likeness (QED) is 0.789. The van der Waals surface area contributed by atoms with Crippen LogP contribution in [0, 0.1) is 6.92 Å². The fourth-order valence-corrected chi connectivity index (χ4v) is 1.40. The highest BCUT2D eigenvalue weighted by Gasteiger charge is 1.99. The summed E-state index contributed by atoms with van der Waals surface area (Å²) in [5, 5.41) is 3.61. The van der Waals surface area contributed by atoms with Crippen LogP contribution in [0.2, 0.25) is 5.15 Å². The van der Waals surface area contributed by atoms with Gasteiger partial charge in [0.15, 0.2) is 0 Å². The average molecular weight is 220 g/mol. The Kier molecular flexibility index (Phi) is 2.83. The molecule has 0 amide bonds. The van der Waals surface area contributed by atoms with Crippen molar-refractivity contribution >= 4 is 23.1 Å². The highest BCUT2D eigenvalue weighted by Crippen LogP contribution is 2.19. The molecule has 2 aromatic rings. The molecule has 0 fully saturated rings. The van der Waals surface area contributed by atoms with Crippen LogP contribution < -0.4 is 5.32 Å². The lowest BCUT2D eigenvalue weighted by Gasteiger charge is -2.07. The van der Waals surface area contributed by atoms with Gasteiger partial charge in [0.05, 0.1) is 0 Å². The molecule has 76 valence electrons. The Hall–Kier alpha value is -1.61. The maximum Gasteiger partial charge on any atom is 0.135 e. The first-order valence-corrected chi connectivity index (χ1v) is 4.94. The van der Waals surface area contributed by atoms with Crippen molar-refractivity contribution in [2.24, 2.45) is 0 Å². The lowest BCUT2D eigenvalue weighted by Crippen LogP contribution is -1.95. The summed E-state index contributed by atoms with van der Waals surface area (Å²) >= 11 is 5.76. The van der Waals surface area contributed by atoms with E-state index in [1.165, 1.54) is 6.33 Å². The van der Waals surface area contributed by atoms with Gasteiger partial charge in [-0.3, -0.25) is 0 Å². The smallest absolute Gasteiger partial charge is 0.135 e. The fourth-order valence-electron chi connectivity index (χ4n) is 1.25. The molecule has 0 aliphatic carbocycles. The summed E-state index contributed by atoms with van der Waals surface area (Å²) in [5.74, 6) is 0.698. The average Bonchev–Trinajstić information content (AvgIpc) is 2.22. The van der Waals surface area contributed by atoms with Gasteiger partial charge in [-0.25, -0.2) is 9.97 Å². The van der Waals surface area contributed by atoms with E-state index in [4.69, 9.17) is 11.6 Å². The number of halogens is 1. The van der Waals surface area contributed by atoms with E-state index in [-0.39, 0.29) is 0 Å². The number of anilines is 2. The van der Waals surface area contributed by atoms with Crippen molar-refractivity contribution in [2.45, 2.75) is 6.92 Å². The summed E-state index contributed by atoms with van der Waals surface area (Å²) in [5.41, 5.74) is 2.18. The second-order valence-electron chi connectivity index (χ2n) is 3.17. The van der Waals surface area contributed by atoms with Crippen molar-refractivity contribution in [1.29, 1.82) is 0 Å². The van der Waals surface area contributed by atoms with Gasteiger partial charge >= 0.3 is 0 Å². The first-order chi connectivity index (χ1) is 7.25. The number of aryl methyl sites for hydroxylation is 1. The van der Waals surface area contributed by atoms with Crippen LogP contribution in [0.25, 0.3) is 0 Å². The lowest BCUT2D eigenvalue weighted by molar-refractivity contribution is 1.17. The molecule has 0 saturated heterocycles. The molecule has 3 nitrogen and oxygen atoms in total. The third-order valence-corrected chi connectivity index (χ3v) is 2.25. The lowest BCUT2D eigenvalue weighted by atomic mass is 10.2. The topological polar surface area (TPSA) is 37.8 Å². The van der Waals surface area contributed by atoms with E-state index in [2.05, 4.69) is 15.3 Å². The van der Waals surface area contributed by atoms with Crippen LogP contribution in [0.4, 0.5) is 11.5 Å². The van der Waals surface area contributed by atoms with E-state index in [1.54, 1.807) is 6.07 Å². The van der Waals surface area contributed by atoms with Gasteiger partial charge in [0.2, 0.25) is 0 Å². The molecule has 15 heavy (non-hydrogen) atoms. The number of rotatable bonds is 2. The van der Waals surface area contributed by atoms with E-state index in [1.807, 2.05) is 31.2 Å². The van der Waals surface area contributed by atoms with Crippen LogP contribution in [-0.4, -0.2) is 9.97 Å². The van der Waals surface area contributed by atoms with E-state index in [9.17, 15) is 0 Å². The molecule has 0 atom stereocenters. The first-order valence-electron chi connectivity index (χ1n) is 4.56. The van der Waals surface area contributed by atoms with Gasteiger partial charge in [-0.05, 0) is 18.6 Å². The predicted octanol–water partition coefficient (Wildman–Crippen LogP) is 3.18. The van der Waals surface area contributed by atoms with Crippen LogP contribution in [0.1, 0.15) is 5.56 Å². The minimum absolute atomic E-state index is 0.432. The Morgan fingerprint density at radius 1 is 1.20 bits per heavy atom. The maximum atomic E-state index is 5.76. The molecule has 0 bridgehead atoms. The molecule has 0 aliphatic rings. The minimum atomic E-state index is 0.432. The van der Waals surface area contributed by atoms with Gasteiger partial charge in [0.1, 0.15) is 17.3 Å². The number of nitrogens with zero attached hydrogens (tertiary/aromatic N) is 2. The van der Waals surface area contributed by atoms with Gasteiger partial charge in [-0.15, -0.1) is 0 Å². The van der Waals surface area contributed by atoms with E-state index in [0.29, 0.717) is 11.0 Å². The first kappa shape index (κ1) is 9.93. The minimum Gasteiger partial charge on any atom is -0.340 e. The van der Waals surface area contributed by atoms with Crippen molar-refractivity contribution < 1.29 is 0 Å². The van der Waals surface area contributed by atoms with E-state index in [0.717, 1.165) is 11.3 Å². The normalized spacial score (nSPS) is 10.0. The van der Waals surface area contributed by atoms with E-state index < -0.39 is 0 Å². The zero-order valence-electron chi connectivity index (χ0n) is 8.24. The summed E-state index contributed by atoms with van der Waals surface area (Å²) in [7, 11) is 0. The van der Waals surface area contributed by atoms with Crippen LogP contribution in [0.3, 0.4) is 0 Å². The highest BCUT2D eigenvalue weighted by molar-refractivity contribution is 6.29. The van der Waals surface area contributed by atoms with Gasteiger partial charge in [0.25, 0.3) is 0 Å². The molecule has 4 heteroatoms. The van der Waals surface area contributed by atoms with E-state index >= 15 is 0 Å². The second kappa shape index (κ2) is 4.28. The van der Waals surface area contributed by atoms with Gasteiger partial charge in [-0.1, -0.05) is 29.8 Å². The molecule has 1 aromatic carbocycles. The Labute approximate surface area is 93.1 Å². The molecular formula is C11H10ClN3.